The molecule has 2 N–H and O–H groups in total. The summed E-state index contributed by atoms with van der Waals surface area (Å²) in [6.07, 6.45) is 0. The highest BCUT2D eigenvalue weighted by Crippen LogP contribution is 2.19. The number of rotatable bonds is 4. The molecule has 0 heterocycles. The Hall–Kier alpha value is -2.43. The van der Waals surface area contributed by atoms with Crippen LogP contribution in [0.3, 0.4) is 0 Å². The second kappa shape index (κ2) is 6.14. The van der Waals surface area contributed by atoms with Crippen LogP contribution in [0, 0.1) is 11.6 Å². The third-order valence-electron chi connectivity index (χ3n) is 2.73. The predicted octanol–water partition coefficient (Wildman–Crippen LogP) is 3.65. The number of carbonyl (C=O) groups excluding carboxylic acids is 1. The molecule has 0 saturated carbocycles. The van der Waals surface area contributed by atoms with Gasteiger partial charge in [0.1, 0.15) is 17.3 Å². The van der Waals surface area contributed by atoms with Crippen LogP contribution in [0.1, 0.15) is 17.3 Å². The number of nitrogens with one attached hydrogen (secondary N) is 2. The van der Waals surface area contributed by atoms with E-state index in [0.717, 1.165) is 24.4 Å². The lowest BCUT2D eigenvalue weighted by Crippen LogP contribution is -2.14. The van der Waals surface area contributed by atoms with E-state index in [1.807, 2.05) is 6.92 Å². The molecule has 0 saturated heterocycles. The van der Waals surface area contributed by atoms with Gasteiger partial charge in [0.15, 0.2) is 0 Å². The Labute approximate surface area is 115 Å². The van der Waals surface area contributed by atoms with Gasteiger partial charge in [0.25, 0.3) is 5.91 Å². The van der Waals surface area contributed by atoms with Gasteiger partial charge in [-0.3, -0.25) is 4.79 Å². The second-order valence-electron chi connectivity index (χ2n) is 4.16. The van der Waals surface area contributed by atoms with Crippen LogP contribution in [0.4, 0.5) is 20.2 Å². The van der Waals surface area contributed by atoms with Crippen LogP contribution in [0.2, 0.25) is 0 Å². The van der Waals surface area contributed by atoms with Crippen molar-refractivity contribution in [1.29, 1.82) is 0 Å². The minimum Gasteiger partial charge on any atom is -0.385 e. The zero-order chi connectivity index (χ0) is 14.5. The predicted molar refractivity (Wildman–Crippen MR) is 74.9 cm³/mol. The molecule has 0 atom stereocenters. The Morgan fingerprint density at radius 3 is 2.20 bits per heavy atom. The molecular formula is C15H14F2N2O. The number of benzene rings is 2. The molecule has 0 aromatic heterocycles. The number of anilines is 2. The van der Waals surface area contributed by atoms with Crippen molar-refractivity contribution in [2.75, 3.05) is 17.2 Å². The van der Waals surface area contributed by atoms with Crippen LogP contribution in [-0.4, -0.2) is 12.5 Å². The van der Waals surface area contributed by atoms with Crippen molar-refractivity contribution in [2.24, 2.45) is 0 Å². The Bertz CT molecular complexity index is 592. The van der Waals surface area contributed by atoms with Gasteiger partial charge in [-0.1, -0.05) is 6.07 Å². The number of hydrogen-bond donors (Lipinski definition) is 2. The van der Waals surface area contributed by atoms with E-state index >= 15 is 0 Å². The van der Waals surface area contributed by atoms with Gasteiger partial charge in [0.2, 0.25) is 0 Å². The van der Waals surface area contributed by atoms with Gasteiger partial charge >= 0.3 is 0 Å². The maximum Gasteiger partial charge on any atom is 0.255 e. The number of para-hydroxylation sites is 1. The topological polar surface area (TPSA) is 41.1 Å². The molecule has 5 heteroatoms. The highest BCUT2D eigenvalue weighted by molar-refractivity contribution is 6.04. The third-order valence-corrected chi connectivity index (χ3v) is 2.73. The lowest BCUT2D eigenvalue weighted by atomic mass is 10.2. The van der Waals surface area contributed by atoms with Crippen molar-refractivity contribution in [3.05, 3.63) is 59.7 Å². The largest absolute Gasteiger partial charge is 0.385 e. The molecule has 0 spiro atoms. The SMILES string of the molecule is CCNc1ccc(C(=O)Nc2c(F)cccc2F)cc1. The summed E-state index contributed by atoms with van der Waals surface area (Å²) >= 11 is 0. The first-order valence-corrected chi connectivity index (χ1v) is 6.21. The number of hydrogen-bond acceptors (Lipinski definition) is 2. The van der Waals surface area contributed by atoms with Crippen molar-refractivity contribution in [3.8, 4) is 0 Å². The van der Waals surface area contributed by atoms with E-state index in [1.165, 1.54) is 6.07 Å². The van der Waals surface area contributed by atoms with Crippen LogP contribution in [0.25, 0.3) is 0 Å². The summed E-state index contributed by atoms with van der Waals surface area (Å²) in [5.74, 6) is -2.16. The number of halogens is 2. The second-order valence-corrected chi connectivity index (χ2v) is 4.16. The van der Waals surface area contributed by atoms with Crippen LogP contribution in [0.5, 0.6) is 0 Å². The molecule has 1 amide bonds. The molecule has 104 valence electrons. The van der Waals surface area contributed by atoms with Crippen LogP contribution in [-0.2, 0) is 0 Å². The molecule has 0 unspecified atom stereocenters. The van der Waals surface area contributed by atoms with Gasteiger partial charge in [-0.2, -0.15) is 0 Å². The summed E-state index contributed by atoms with van der Waals surface area (Å²) in [7, 11) is 0. The molecule has 2 aromatic carbocycles. The van der Waals surface area contributed by atoms with Gasteiger partial charge in [-0.25, -0.2) is 8.78 Å². The normalized spacial score (nSPS) is 10.2. The van der Waals surface area contributed by atoms with Gasteiger partial charge in [-0.15, -0.1) is 0 Å². The van der Waals surface area contributed by atoms with Crippen LogP contribution in [0.15, 0.2) is 42.5 Å². The van der Waals surface area contributed by atoms with E-state index in [1.54, 1.807) is 24.3 Å². The number of amides is 1. The molecule has 2 aromatic rings. The standard InChI is InChI=1S/C15H14F2N2O/c1-2-18-11-8-6-10(7-9-11)15(20)19-14-12(16)4-3-5-13(14)17/h3-9,18H,2H2,1H3,(H,19,20). The Morgan fingerprint density at radius 1 is 1.05 bits per heavy atom. The van der Waals surface area contributed by atoms with Crippen molar-refractivity contribution < 1.29 is 13.6 Å². The smallest absolute Gasteiger partial charge is 0.255 e. The van der Waals surface area contributed by atoms with E-state index in [2.05, 4.69) is 10.6 Å². The molecule has 0 aliphatic heterocycles. The highest BCUT2D eigenvalue weighted by Gasteiger charge is 2.13. The zero-order valence-electron chi connectivity index (χ0n) is 10.9. The van der Waals surface area contributed by atoms with Gasteiger partial charge in [-0.05, 0) is 43.3 Å². The summed E-state index contributed by atoms with van der Waals surface area (Å²) in [5.41, 5.74) is 0.767. The summed E-state index contributed by atoms with van der Waals surface area (Å²) in [6, 6.07) is 10.1. The van der Waals surface area contributed by atoms with E-state index in [9.17, 15) is 13.6 Å². The summed E-state index contributed by atoms with van der Waals surface area (Å²) in [6.45, 7) is 2.73. The van der Waals surface area contributed by atoms with E-state index in [4.69, 9.17) is 0 Å². The molecule has 0 bridgehead atoms. The monoisotopic (exact) mass is 276 g/mol. The van der Waals surface area contributed by atoms with Crippen LogP contribution < -0.4 is 10.6 Å². The fourth-order valence-electron chi connectivity index (χ4n) is 1.75. The van der Waals surface area contributed by atoms with Gasteiger partial charge in [0.05, 0.1) is 0 Å². The fourth-order valence-corrected chi connectivity index (χ4v) is 1.75. The average molecular weight is 276 g/mol. The molecule has 0 fully saturated rings. The molecule has 0 aliphatic carbocycles. The number of carbonyl (C=O) groups is 1. The van der Waals surface area contributed by atoms with Crippen molar-refractivity contribution >= 4 is 17.3 Å². The van der Waals surface area contributed by atoms with E-state index < -0.39 is 23.2 Å². The third kappa shape index (κ3) is 3.12. The summed E-state index contributed by atoms with van der Waals surface area (Å²) in [5, 5.41) is 5.33. The van der Waals surface area contributed by atoms with Gasteiger partial charge < -0.3 is 10.6 Å². The maximum atomic E-state index is 13.4. The maximum absolute atomic E-state index is 13.4. The van der Waals surface area contributed by atoms with E-state index in [0.29, 0.717) is 5.56 Å². The Kier molecular flexibility index (Phi) is 4.30. The summed E-state index contributed by atoms with van der Waals surface area (Å²) in [4.78, 5) is 11.9. The first kappa shape index (κ1) is 14.0. The van der Waals surface area contributed by atoms with Crippen LogP contribution >= 0.6 is 0 Å². The highest BCUT2D eigenvalue weighted by atomic mass is 19.1. The quantitative estimate of drug-likeness (QED) is 0.895. The lowest BCUT2D eigenvalue weighted by molar-refractivity contribution is 0.102. The minimum absolute atomic E-state index is 0.328. The molecular weight excluding hydrogens is 262 g/mol. The molecule has 0 radical (unpaired) electrons. The lowest BCUT2D eigenvalue weighted by Gasteiger charge is -2.08. The fraction of sp³-hybridized carbons (Fsp3) is 0.133. The first-order chi connectivity index (χ1) is 9.61. The summed E-state index contributed by atoms with van der Waals surface area (Å²) < 4.78 is 26.9. The molecule has 3 nitrogen and oxygen atoms in total. The minimum atomic E-state index is -0.803. The Morgan fingerprint density at radius 2 is 1.65 bits per heavy atom. The molecule has 2 rings (SSSR count). The first-order valence-electron chi connectivity index (χ1n) is 6.21. The van der Waals surface area contributed by atoms with E-state index in [-0.39, 0.29) is 0 Å². The van der Waals surface area contributed by atoms with Crippen molar-refractivity contribution in [2.45, 2.75) is 6.92 Å². The van der Waals surface area contributed by atoms with Gasteiger partial charge in [0, 0.05) is 17.8 Å². The molecule has 0 aliphatic rings. The molecule has 20 heavy (non-hydrogen) atoms. The zero-order valence-corrected chi connectivity index (χ0v) is 10.9. The van der Waals surface area contributed by atoms with Crippen molar-refractivity contribution in [3.63, 3.8) is 0 Å². The van der Waals surface area contributed by atoms with Crippen molar-refractivity contribution in [1.82, 2.24) is 0 Å². The Balaban J connectivity index is 2.16. The average Bonchev–Trinajstić information content (AvgIpc) is 2.44.